The van der Waals surface area contributed by atoms with Crippen LogP contribution < -0.4 is 16.3 Å². The largest absolute Gasteiger partial charge is 0.444 e. The summed E-state index contributed by atoms with van der Waals surface area (Å²) < 4.78 is 39.0. The van der Waals surface area contributed by atoms with Crippen LogP contribution in [0.3, 0.4) is 0 Å². The number of alkyl halides is 2. The van der Waals surface area contributed by atoms with Crippen molar-refractivity contribution < 1.29 is 27.6 Å². The van der Waals surface area contributed by atoms with Gasteiger partial charge in [0, 0.05) is 62.3 Å². The number of nitrogens with zero attached hydrogens (tertiary/aromatic N) is 9. The summed E-state index contributed by atoms with van der Waals surface area (Å²) >= 11 is 0. The molecular weight excluding hydrogens is 873 g/mol. The third kappa shape index (κ3) is 9.95. The lowest BCUT2D eigenvalue weighted by atomic mass is 9.85. The molecule has 2 aliphatic carbocycles. The van der Waals surface area contributed by atoms with Crippen LogP contribution in [-0.4, -0.2) is 113 Å². The lowest BCUT2D eigenvalue weighted by molar-refractivity contribution is -0.135. The number of likely N-dealkylation sites (tertiary alicyclic amines) is 2. The Kier molecular flexibility index (Phi) is 13.4. The molecule has 5 aliphatic rings. The van der Waals surface area contributed by atoms with Gasteiger partial charge in [-0.3, -0.25) is 43.4 Å². The van der Waals surface area contributed by atoms with Gasteiger partial charge < -0.3 is 19.5 Å². The lowest BCUT2D eigenvalue weighted by Gasteiger charge is -2.44. The standard InChI is InChI=1S/C50H63F2N11O5/c1-58(37-19-24-61(25-20-37)28-34-4-3-5-41-45(34)59(2)50(67)63(41)42-14-15-43(64)56-48(42)66)36-17-22-60(23-18-36)27-32-9-12-38(13-10-32)62-29-39(44(57-62)46(51)52)54-47(65)40-30-68-49(55-40)33-16-21-53-35(26-33)11-8-31-6-7-31/h3-5,16,21,26,29-32,36-38,42,46H,6-15,17-20,22-25,27-28H2,1-2H3,(H,54,65)(H,56,64,66). The molecule has 3 amide bonds. The number of hydrogen-bond acceptors (Lipinski definition) is 11. The molecule has 0 bridgehead atoms. The molecule has 362 valence electrons. The molecule has 5 fully saturated rings. The van der Waals surface area contributed by atoms with Gasteiger partial charge in [0.1, 0.15) is 12.3 Å². The molecule has 18 heteroatoms. The molecule has 1 atom stereocenters. The number of carbonyl (C=O) groups is 3. The number of aryl methyl sites for hydroxylation is 2. The van der Waals surface area contributed by atoms with Crippen LogP contribution in [-0.2, 0) is 29.6 Å². The molecule has 2 saturated carbocycles. The highest BCUT2D eigenvalue weighted by Crippen LogP contribution is 2.37. The Hall–Kier alpha value is -5.59. The fourth-order valence-corrected chi connectivity index (χ4v) is 11.4. The number of para-hydroxylation sites is 1. The van der Waals surface area contributed by atoms with Crippen LogP contribution in [0.1, 0.15) is 129 Å². The molecule has 68 heavy (non-hydrogen) atoms. The number of nitrogens with one attached hydrogen (secondary N) is 2. The van der Waals surface area contributed by atoms with E-state index in [9.17, 15) is 28.0 Å². The first-order valence-electron chi connectivity index (χ1n) is 24.7. The summed E-state index contributed by atoms with van der Waals surface area (Å²) in [6, 6.07) is 9.95. The van der Waals surface area contributed by atoms with Gasteiger partial charge in [-0.2, -0.15) is 5.10 Å². The highest BCUT2D eigenvalue weighted by Gasteiger charge is 2.35. The summed E-state index contributed by atoms with van der Waals surface area (Å²) in [7, 11) is 4.05. The normalized spacial score (nSPS) is 22.7. The predicted molar refractivity (Wildman–Crippen MR) is 251 cm³/mol. The number of benzene rings is 1. The Bertz CT molecular complexity index is 2680. The molecule has 10 rings (SSSR count). The van der Waals surface area contributed by atoms with E-state index in [-0.39, 0.29) is 41.3 Å². The van der Waals surface area contributed by atoms with Gasteiger partial charge in [0.2, 0.25) is 17.7 Å². The molecular formula is C50H63F2N11O5. The Labute approximate surface area is 394 Å². The number of halogens is 2. The average Bonchev–Trinajstić information content (AvgIpc) is 3.75. The molecule has 7 heterocycles. The number of carbonyl (C=O) groups excluding carboxylic acids is 3. The third-order valence-electron chi connectivity index (χ3n) is 15.6. The Morgan fingerprint density at radius 1 is 0.926 bits per heavy atom. The van der Waals surface area contributed by atoms with E-state index in [1.807, 2.05) is 18.2 Å². The number of piperidine rings is 3. The van der Waals surface area contributed by atoms with Crippen molar-refractivity contribution in [2.45, 2.75) is 127 Å². The smallest absolute Gasteiger partial charge is 0.329 e. The number of rotatable bonds is 15. The number of hydrogen-bond donors (Lipinski definition) is 2. The highest BCUT2D eigenvalue weighted by atomic mass is 19.3. The molecule has 5 aromatic rings. The SMILES string of the molecule is CN(C1CCN(Cc2cccc3c2n(C)c(=O)n3C2CCC(=O)NC2=O)CC1)C1CCN(CC2CCC(n3cc(NC(=O)c4coc(-c5ccnc(CCC6CC6)c5)n4)c(C(F)F)n3)CC2)CC1. The van der Waals surface area contributed by atoms with Crippen LogP contribution in [0.25, 0.3) is 22.5 Å². The molecule has 1 aromatic carbocycles. The lowest BCUT2D eigenvalue weighted by Crippen LogP contribution is -2.51. The molecule has 1 unspecified atom stereocenters. The number of amides is 3. The fourth-order valence-electron chi connectivity index (χ4n) is 11.4. The van der Waals surface area contributed by atoms with Crippen molar-refractivity contribution in [3.8, 4) is 11.5 Å². The number of imide groups is 1. The van der Waals surface area contributed by atoms with Crippen LogP contribution in [0, 0.1) is 11.8 Å². The minimum atomic E-state index is -2.85. The minimum absolute atomic E-state index is 0.00229. The molecule has 3 aliphatic heterocycles. The average molecular weight is 936 g/mol. The Morgan fingerprint density at radius 3 is 2.35 bits per heavy atom. The van der Waals surface area contributed by atoms with E-state index in [0.717, 1.165) is 132 Å². The first-order chi connectivity index (χ1) is 32.9. The van der Waals surface area contributed by atoms with Crippen LogP contribution in [0.5, 0.6) is 0 Å². The maximum absolute atomic E-state index is 14.3. The maximum Gasteiger partial charge on any atom is 0.329 e. The zero-order chi connectivity index (χ0) is 47.1. The van der Waals surface area contributed by atoms with Crippen LogP contribution in [0.4, 0.5) is 14.5 Å². The van der Waals surface area contributed by atoms with Crippen molar-refractivity contribution >= 4 is 34.4 Å². The summed E-state index contributed by atoms with van der Waals surface area (Å²) in [4.78, 5) is 67.8. The number of fused-ring (bicyclic) bond motifs is 1. The van der Waals surface area contributed by atoms with E-state index in [1.54, 1.807) is 39.3 Å². The van der Waals surface area contributed by atoms with Crippen LogP contribution in [0.2, 0.25) is 0 Å². The summed E-state index contributed by atoms with van der Waals surface area (Å²) in [6.07, 6.45) is 14.8. The molecule has 2 N–H and O–H groups in total. The second-order valence-corrected chi connectivity index (χ2v) is 20.1. The van der Waals surface area contributed by atoms with Crippen LogP contribution >= 0.6 is 0 Å². The number of anilines is 1. The molecule has 0 radical (unpaired) electrons. The molecule has 3 saturated heterocycles. The zero-order valence-corrected chi connectivity index (χ0v) is 39.1. The number of aromatic nitrogens is 6. The second kappa shape index (κ2) is 19.8. The van der Waals surface area contributed by atoms with E-state index in [2.05, 4.69) is 53.5 Å². The van der Waals surface area contributed by atoms with E-state index < -0.39 is 30.0 Å². The van der Waals surface area contributed by atoms with Crippen molar-refractivity contribution in [2.24, 2.45) is 18.9 Å². The van der Waals surface area contributed by atoms with E-state index >= 15 is 0 Å². The summed E-state index contributed by atoms with van der Waals surface area (Å²) in [5, 5.41) is 9.32. The topological polar surface area (TPSA) is 169 Å². The molecule has 16 nitrogen and oxygen atoms in total. The van der Waals surface area contributed by atoms with Crippen molar-refractivity contribution in [2.75, 3.05) is 45.1 Å². The number of oxazole rings is 1. The minimum Gasteiger partial charge on any atom is -0.444 e. The van der Waals surface area contributed by atoms with Crippen molar-refractivity contribution in [1.82, 2.24) is 48.9 Å². The van der Waals surface area contributed by atoms with Gasteiger partial charge in [-0.1, -0.05) is 25.0 Å². The maximum atomic E-state index is 14.3. The first-order valence-corrected chi connectivity index (χ1v) is 24.7. The first kappa shape index (κ1) is 46.2. The van der Waals surface area contributed by atoms with Gasteiger partial charge in [-0.15, -0.1) is 0 Å². The van der Waals surface area contributed by atoms with Gasteiger partial charge >= 0.3 is 5.69 Å². The summed E-state index contributed by atoms with van der Waals surface area (Å²) in [6.45, 7) is 5.81. The van der Waals surface area contributed by atoms with E-state index in [0.29, 0.717) is 30.0 Å². The van der Waals surface area contributed by atoms with E-state index in [1.165, 1.54) is 19.1 Å². The van der Waals surface area contributed by atoms with E-state index in [4.69, 9.17) is 4.42 Å². The van der Waals surface area contributed by atoms with Gasteiger partial charge in [0.05, 0.1) is 22.8 Å². The summed E-state index contributed by atoms with van der Waals surface area (Å²) in [5.41, 5.74) is 3.59. The zero-order valence-electron chi connectivity index (χ0n) is 39.1. The predicted octanol–water partition coefficient (Wildman–Crippen LogP) is 6.89. The monoisotopic (exact) mass is 935 g/mol. The van der Waals surface area contributed by atoms with Gasteiger partial charge in [-0.05, 0) is 139 Å². The van der Waals surface area contributed by atoms with Gasteiger partial charge in [0.25, 0.3) is 12.3 Å². The van der Waals surface area contributed by atoms with Gasteiger partial charge in [-0.25, -0.2) is 18.6 Å². The Balaban J connectivity index is 0.668. The second-order valence-electron chi connectivity index (χ2n) is 20.1. The quantitative estimate of drug-likeness (QED) is 0.105. The van der Waals surface area contributed by atoms with Crippen molar-refractivity contribution in [1.29, 1.82) is 0 Å². The van der Waals surface area contributed by atoms with Crippen LogP contribution in [0.15, 0.2) is 58.2 Å². The third-order valence-corrected chi connectivity index (χ3v) is 15.6. The number of pyridine rings is 1. The van der Waals surface area contributed by atoms with Gasteiger partial charge in [0.15, 0.2) is 11.4 Å². The summed E-state index contributed by atoms with van der Waals surface area (Å²) in [5.74, 6) is 0.245. The number of imidazole rings is 1. The molecule has 4 aromatic heterocycles. The van der Waals surface area contributed by atoms with Crippen molar-refractivity contribution in [3.05, 3.63) is 82.1 Å². The molecule has 0 spiro atoms. The Morgan fingerprint density at radius 2 is 1.65 bits per heavy atom. The highest BCUT2D eigenvalue weighted by molar-refractivity contribution is 6.03. The fraction of sp³-hybridized carbons (Fsp3) is 0.580. The van der Waals surface area contributed by atoms with Crippen molar-refractivity contribution in [3.63, 3.8) is 0 Å².